The maximum Gasteiger partial charge on any atom is 0.355 e. The van der Waals surface area contributed by atoms with Gasteiger partial charge in [0.05, 0.1) is 10.7 Å². The van der Waals surface area contributed by atoms with Crippen LogP contribution in [0, 0.1) is 13.8 Å². The Bertz CT molecular complexity index is 1020. The zero-order chi connectivity index (χ0) is 21.8. The normalized spacial score (nSPS) is 14.7. The zero-order valence-electron chi connectivity index (χ0n) is 16.8. The molecule has 1 aromatic heterocycles. The Morgan fingerprint density at radius 1 is 1.20 bits per heavy atom. The number of hydrogen-bond donors (Lipinski definition) is 1. The Hall–Kier alpha value is -3.26. The van der Waals surface area contributed by atoms with Crippen molar-refractivity contribution in [1.29, 1.82) is 0 Å². The van der Waals surface area contributed by atoms with Gasteiger partial charge in [-0.3, -0.25) is 9.59 Å². The van der Waals surface area contributed by atoms with Gasteiger partial charge in [0.25, 0.3) is 5.91 Å². The predicted molar refractivity (Wildman–Crippen MR) is 114 cm³/mol. The van der Waals surface area contributed by atoms with Crippen LogP contribution in [-0.2, 0) is 19.1 Å². The van der Waals surface area contributed by atoms with Gasteiger partial charge in [0.1, 0.15) is 11.5 Å². The molecule has 0 fully saturated rings. The first-order valence-corrected chi connectivity index (χ1v) is 9.73. The number of pyridine rings is 1. The fraction of sp³-hybridized carbons (Fsp3) is 0.286. The van der Waals surface area contributed by atoms with E-state index in [2.05, 4.69) is 15.4 Å². The molecule has 0 bridgehead atoms. The van der Waals surface area contributed by atoms with Crippen molar-refractivity contribution in [2.75, 3.05) is 10.3 Å². The van der Waals surface area contributed by atoms with Gasteiger partial charge < -0.3 is 10.1 Å². The molecule has 2 heterocycles. The molecule has 156 valence electrons. The van der Waals surface area contributed by atoms with Crippen LogP contribution in [0.4, 0.5) is 11.5 Å². The molecule has 9 heteroatoms. The number of amides is 2. The van der Waals surface area contributed by atoms with Crippen LogP contribution in [0.2, 0.25) is 5.02 Å². The lowest BCUT2D eigenvalue weighted by atomic mass is 10.1. The molecular weight excluding hydrogens is 408 g/mol. The van der Waals surface area contributed by atoms with Crippen LogP contribution in [0.5, 0.6) is 0 Å². The van der Waals surface area contributed by atoms with Gasteiger partial charge in [-0.2, -0.15) is 10.1 Å². The van der Waals surface area contributed by atoms with E-state index in [1.807, 2.05) is 32.0 Å². The highest BCUT2D eigenvalue weighted by Crippen LogP contribution is 2.25. The molecule has 1 N–H and O–H groups in total. The summed E-state index contributed by atoms with van der Waals surface area (Å²) >= 11 is 5.76. The molecule has 1 unspecified atom stereocenters. The van der Waals surface area contributed by atoms with E-state index in [0.717, 1.165) is 11.1 Å². The molecule has 1 atom stereocenters. The highest BCUT2D eigenvalue weighted by atomic mass is 35.5. The summed E-state index contributed by atoms with van der Waals surface area (Å²) < 4.78 is 5.25. The van der Waals surface area contributed by atoms with E-state index in [0.29, 0.717) is 10.7 Å². The van der Waals surface area contributed by atoms with Crippen LogP contribution in [0.25, 0.3) is 0 Å². The summed E-state index contributed by atoms with van der Waals surface area (Å²) in [5.41, 5.74) is 2.52. The quantitative estimate of drug-likeness (QED) is 0.735. The van der Waals surface area contributed by atoms with Gasteiger partial charge in [-0.1, -0.05) is 23.7 Å². The van der Waals surface area contributed by atoms with Crippen LogP contribution in [0.15, 0.2) is 41.6 Å². The van der Waals surface area contributed by atoms with Crippen LogP contribution in [0.3, 0.4) is 0 Å². The molecule has 0 saturated heterocycles. The maximum absolute atomic E-state index is 12.5. The number of esters is 1. The first-order valence-electron chi connectivity index (χ1n) is 9.35. The number of hydrazone groups is 1. The molecule has 2 amide bonds. The molecule has 0 radical (unpaired) electrons. The Morgan fingerprint density at radius 2 is 1.97 bits per heavy atom. The summed E-state index contributed by atoms with van der Waals surface area (Å²) in [5.74, 6) is -1.21. The van der Waals surface area contributed by atoms with Gasteiger partial charge in [-0.15, -0.1) is 0 Å². The average Bonchev–Trinajstić information content (AvgIpc) is 2.71. The third-order valence-electron chi connectivity index (χ3n) is 4.49. The van der Waals surface area contributed by atoms with Gasteiger partial charge >= 0.3 is 5.97 Å². The molecule has 8 nitrogen and oxygen atoms in total. The minimum absolute atomic E-state index is 0.0831. The fourth-order valence-electron chi connectivity index (χ4n) is 2.80. The van der Waals surface area contributed by atoms with Gasteiger partial charge in [0.15, 0.2) is 6.10 Å². The lowest BCUT2D eigenvalue weighted by molar-refractivity contribution is -0.146. The lowest BCUT2D eigenvalue weighted by Gasteiger charge is -2.25. The number of halogens is 1. The van der Waals surface area contributed by atoms with Crippen molar-refractivity contribution in [2.24, 2.45) is 5.10 Å². The molecule has 2 aromatic rings. The SMILES string of the molecule is Cc1ccc(C)c(N2N=C(C(=O)OC(C)C(=O)Nc3ccc(Cl)cn3)CCC2=O)c1. The van der Waals surface area contributed by atoms with Crippen molar-refractivity contribution in [1.82, 2.24) is 4.98 Å². The molecule has 3 rings (SSSR count). The fourth-order valence-corrected chi connectivity index (χ4v) is 2.91. The summed E-state index contributed by atoms with van der Waals surface area (Å²) in [5, 5.41) is 8.41. The van der Waals surface area contributed by atoms with Crippen LogP contribution in [-0.4, -0.2) is 34.6 Å². The number of ether oxygens (including phenoxy) is 1. The van der Waals surface area contributed by atoms with E-state index in [-0.39, 0.29) is 30.3 Å². The molecule has 1 aliphatic rings. The van der Waals surface area contributed by atoms with Gasteiger partial charge in [-0.05, 0) is 50.1 Å². The molecule has 30 heavy (non-hydrogen) atoms. The smallest absolute Gasteiger partial charge is 0.355 e. The van der Waals surface area contributed by atoms with Crippen molar-refractivity contribution in [3.05, 3.63) is 52.7 Å². The number of nitrogens with zero attached hydrogens (tertiary/aromatic N) is 3. The summed E-state index contributed by atoms with van der Waals surface area (Å²) in [6, 6.07) is 8.77. The number of aryl methyl sites for hydroxylation is 2. The van der Waals surface area contributed by atoms with Crippen molar-refractivity contribution < 1.29 is 19.1 Å². The maximum atomic E-state index is 12.5. The second-order valence-corrected chi connectivity index (χ2v) is 7.38. The molecule has 0 saturated carbocycles. The topological polar surface area (TPSA) is 101 Å². The van der Waals surface area contributed by atoms with Gasteiger partial charge in [0, 0.05) is 19.0 Å². The molecular formula is C21H21ClN4O4. The van der Waals surface area contributed by atoms with E-state index in [4.69, 9.17) is 16.3 Å². The number of carbonyl (C=O) groups excluding carboxylic acids is 3. The molecule has 0 spiro atoms. The average molecular weight is 429 g/mol. The number of rotatable bonds is 5. The molecule has 1 aromatic carbocycles. The zero-order valence-corrected chi connectivity index (χ0v) is 17.6. The summed E-state index contributed by atoms with van der Waals surface area (Å²) in [6.45, 7) is 5.22. The van der Waals surface area contributed by atoms with Crippen molar-refractivity contribution >= 4 is 46.6 Å². The lowest BCUT2D eigenvalue weighted by Crippen LogP contribution is -2.38. The molecule has 0 aliphatic carbocycles. The monoisotopic (exact) mass is 428 g/mol. The second kappa shape index (κ2) is 9.04. The van der Waals surface area contributed by atoms with E-state index < -0.39 is 18.0 Å². The van der Waals surface area contributed by atoms with Gasteiger partial charge in [-0.25, -0.2) is 9.78 Å². The van der Waals surface area contributed by atoms with Crippen LogP contribution >= 0.6 is 11.6 Å². The number of anilines is 2. The summed E-state index contributed by atoms with van der Waals surface area (Å²) in [6.07, 6.45) is 0.580. The standard InChI is InChI=1S/C21H21ClN4O4/c1-12-4-5-13(2)17(10-12)26-19(27)9-7-16(25-26)21(29)30-14(3)20(28)24-18-8-6-15(22)11-23-18/h4-6,8,10-11,14H,7,9H2,1-3H3,(H,23,24,28). The van der Waals surface area contributed by atoms with Gasteiger partial charge in [0.2, 0.25) is 5.91 Å². The van der Waals surface area contributed by atoms with E-state index in [1.54, 1.807) is 6.07 Å². The Morgan fingerprint density at radius 3 is 2.67 bits per heavy atom. The van der Waals surface area contributed by atoms with E-state index in [1.165, 1.54) is 24.2 Å². The van der Waals surface area contributed by atoms with E-state index in [9.17, 15) is 14.4 Å². The van der Waals surface area contributed by atoms with Crippen LogP contribution < -0.4 is 10.3 Å². The van der Waals surface area contributed by atoms with Crippen molar-refractivity contribution in [2.45, 2.75) is 39.7 Å². The minimum atomic E-state index is -1.08. The largest absolute Gasteiger partial charge is 0.448 e. The third-order valence-corrected chi connectivity index (χ3v) is 4.72. The molecule has 1 aliphatic heterocycles. The Balaban J connectivity index is 1.70. The van der Waals surface area contributed by atoms with Crippen LogP contribution in [0.1, 0.15) is 30.9 Å². The first-order chi connectivity index (χ1) is 14.2. The first kappa shape index (κ1) is 21.4. The Kier molecular flexibility index (Phi) is 6.47. The number of carbonyl (C=O) groups is 3. The van der Waals surface area contributed by atoms with Crippen molar-refractivity contribution in [3.63, 3.8) is 0 Å². The highest BCUT2D eigenvalue weighted by Gasteiger charge is 2.29. The summed E-state index contributed by atoms with van der Waals surface area (Å²) in [4.78, 5) is 41.1. The third kappa shape index (κ3) is 5.01. The number of hydrogen-bond acceptors (Lipinski definition) is 6. The summed E-state index contributed by atoms with van der Waals surface area (Å²) in [7, 11) is 0. The minimum Gasteiger partial charge on any atom is -0.448 e. The number of aromatic nitrogens is 1. The highest BCUT2D eigenvalue weighted by molar-refractivity contribution is 6.38. The van der Waals surface area contributed by atoms with Crippen molar-refractivity contribution in [3.8, 4) is 0 Å². The number of nitrogens with one attached hydrogen (secondary N) is 1. The number of benzene rings is 1. The second-order valence-electron chi connectivity index (χ2n) is 6.94. The predicted octanol–water partition coefficient (Wildman–Crippen LogP) is 3.41. The Labute approximate surface area is 178 Å². The van der Waals surface area contributed by atoms with E-state index >= 15 is 0 Å².